The third-order valence-corrected chi connectivity index (χ3v) is 16.8. The van der Waals surface area contributed by atoms with Gasteiger partial charge in [-0.1, -0.05) is 222 Å². The fourth-order valence-electron chi connectivity index (χ4n) is 13.2. The minimum Gasteiger partial charge on any atom is -0.309 e. The summed E-state index contributed by atoms with van der Waals surface area (Å²) in [5.41, 5.74) is 27.3. The lowest BCUT2D eigenvalue weighted by Crippen LogP contribution is -2.26. The number of para-hydroxylation sites is 1. The van der Waals surface area contributed by atoms with Gasteiger partial charge >= 0.3 is 0 Å². The topological polar surface area (TPSA) is 3.24 Å². The van der Waals surface area contributed by atoms with E-state index in [2.05, 4.69) is 257 Å². The van der Waals surface area contributed by atoms with Gasteiger partial charge in [-0.2, -0.15) is 0 Å². The minimum atomic E-state index is -0.119. The molecule has 0 saturated heterocycles. The van der Waals surface area contributed by atoms with Crippen LogP contribution in [0.15, 0.2) is 218 Å². The highest BCUT2D eigenvalue weighted by Gasteiger charge is 2.47. The van der Waals surface area contributed by atoms with Gasteiger partial charge in [-0.25, -0.2) is 0 Å². The van der Waals surface area contributed by atoms with Crippen molar-refractivity contribution in [2.45, 2.75) is 50.9 Å². The second kappa shape index (κ2) is 15.3. The second-order valence-corrected chi connectivity index (χ2v) is 21.2. The Bertz CT molecular complexity index is 3750. The van der Waals surface area contributed by atoms with Crippen molar-refractivity contribution in [1.82, 2.24) is 0 Å². The van der Waals surface area contributed by atoms with Gasteiger partial charge in [-0.15, -0.1) is 0 Å². The molecule has 2 unspecified atom stereocenters. The van der Waals surface area contributed by atoms with Crippen LogP contribution in [-0.2, 0) is 17.3 Å². The van der Waals surface area contributed by atoms with Gasteiger partial charge in [0.2, 0.25) is 0 Å². The molecule has 0 N–H and O–H groups in total. The standard InChI is InChI=1S/C69H53N/c1-68(2)59-34-28-45-20-11-13-22-53(45)65(59)57-32-26-49(41-61(57)68)47-30-36-63-51(38-47)40-52-39-48(50-27-33-58-62(42-50)69(3,4)60-35-29-46-21-12-14-23-54(46)66(58)60)31-37-64(52)70(63)67-55(43-16-7-5-8-17-43)24-15-25-56(67)44-18-9-6-10-19-44/h5-39,41-42,59,65H,40H2,1-4H3. The second-order valence-electron chi connectivity index (χ2n) is 21.2. The third-order valence-electron chi connectivity index (χ3n) is 16.8. The fourth-order valence-corrected chi connectivity index (χ4v) is 13.2. The Kier molecular flexibility index (Phi) is 8.94. The van der Waals surface area contributed by atoms with Gasteiger partial charge in [-0.05, 0) is 141 Å². The van der Waals surface area contributed by atoms with E-state index in [4.69, 9.17) is 0 Å². The van der Waals surface area contributed by atoms with E-state index in [-0.39, 0.29) is 10.8 Å². The van der Waals surface area contributed by atoms with Crippen LogP contribution in [0.4, 0.5) is 17.1 Å². The number of nitrogens with zero attached hydrogens (tertiary/aromatic N) is 1. The molecule has 334 valence electrons. The summed E-state index contributed by atoms with van der Waals surface area (Å²) >= 11 is 0. The van der Waals surface area contributed by atoms with Crippen molar-refractivity contribution >= 4 is 33.9 Å². The fraction of sp³-hybridized carbons (Fsp3) is 0.130. The summed E-state index contributed by atoms with van der Waals surface area (Å²) in [7, 11) is 0. The largest absolute Gasteiger partial charge is 0.309 e. The molecule has 10 aromatic rings. The Balaban J connectivity index is 0.938. The van der Waals surface area contributed by atoms with E-state index in [1.54, 1.807) is 0 Å². The van der Waals surface area contributed by atoms with E-state index in [1.165, 1.54) is 128 Å². The van der Waals surface area contributed by atoms with Crippen LogP contribution in [0.1, 0.15) is 78.1 Å². The maximum atomic E-state index is 2.58. The van der Waals surface area contributed by atoms with Crippen molar-refractivity contribution in [2.24, 2.45) is 5.92 Å². The number of hydrogen-bond donors (Lipinski definition) is 0. The first-order chi connectivity index (χ1) is 34.2. The van der Waals surface area contributed by atoms with Gasteiger partial charge in [0.05, 0.1) is 5.69 Å². The van der Waals surface area contributed by atoms with E-state index >= 15 is 0 Å². The normalized spacial score (nSPS) is 17.2. The van der Waals surface area contributed by atoms with Gasteiger partial charge in [0.1, 0.15) is 0 Å². The lowest BCUT2D eigenvalue weighted by Gasteiger charge is -2.37. The Labute approximate surface area is 412 Å². The monoisotopic (exact) mass is 895 g/mol. The van der Waals surface area contributed by atoms with E-state index in [0.717, 1.165) is 6.42 Å². The summed E-state index contributed by atoms with van der Waals surface area (Å²) in [6.45, 7) is 9.70. The molecule has 10 aromatic carbocycles. The summed E-state index contributed by atoms with van der Waals surface area (Å²) in [6, 6.07) is 80.3. The van der Waals surface area contributed by atoms with Gasteiger partial charge in [0.15, 0.2) is 0 Å². The molecule has 2 atom stereocenters. The molecule has 1 nitrogen and oxygen atoms in total. The zero-order valence-electron chi connectivity index (χ0n) is 40.2. The average molecular weight is 896 g/mol. The highest BCUT2D eigenvalue weighted by atomic mass is 15.2. The highest BCUT2D eigenvalue weighted by molar-refractivity contribution is 6.03. The SMILES string of the molecule is CC1(C)c2cc(-c3ccc4c(c3)Cc3cc(-c5ccc6c(c5)C(C)(C)C5C=Cc7ccccc7C65)ccc3N4c3c(-c4ccccc4)cccc3-c3ccccc3)ccc2-c2c1ccc1ccccc21. The van der Waals surface area contributed by atoms with E-state index < -0.39 is 0 Å². The van der Waals surface area contributed by atoms with Crippen LogP contribution in [0.25, 0.3) is 72.5 Å². The summed E-state index contributed by atoms with van der Waals surface area (Å²) in [6.07, 6.45) is 5.66. The molecule has 0 bridgehead atoms. The molecule has 14 rings (SSSR count). The number of allylic oxidation sites excluding steroid dienone is 1. The lowest BCUT2D eigenvalue weighted by atomic mass is 9.71. The summed E-state index contributed by atoms with van der Waals surface area (Å²) in [5, 5.41) is 2.63. The number of hydrogen-bond acceptors (Lipinski definition) is 1. The molecule has 3 aliphatic carbocycles. The predicted octanol–water partition coefficient (Wildman–Crippen LogP) is 18.3. The zero-order valence-corrected chi connectivity index (χ0v) is 40.2. The number of anilines is 3. The first-order valence-corrected chi connectivity index (χ1v) is 25.1. The van der Waals surface area contributed by atoms with Crippen LogP contribution >= 0.6 is 0 Å². The molecule has 0 fully saturated rings. The first-order valence-electron chi connectivity index (χ1n) is 25.1. The molecule has 1 heteroatoms. The molecule has 0 saturated carbocycles. The van der Waals surface area contributed by atoms with Crippen LogP contribution in [0.2, 0.25) is 0 Å². The molecule has 1 aliphatic heterocycles. The molecular formula is C69H53N. The maximum absolute atomic E-state index is 2.58. The molecule has 70 heavy (non-hydrogen) atoms. The smallest absolute Gasteiger partial charge is 0.0618 e. The van der Waals surface area contributed by atoms with Crippen molar-refractivity contribution in [3.05, 3.63) is 263 Å². The summed E-state index contributed by atoms with van der Waals surface area (Å²) in [4.78, 5) is 2.58. The Morgan fingerprint density at radius 2 is 1.01 bits per heavy atom. The van der Waals surface area contributed by atoms with Crippen LogP contribution < -0.4 is 4.90 Å². The molecule has 0 amide bonds. The minimum absolute atomic E-state index is 0.00127. The number of rotatable bonds is 5. The van der Waals surface area contributed by atoms with Crippen molar-refractivity contribution in [2.75, 3.05) is 4.90 Å². The molecule has 0 radical (unpaired) electrons. The number of benzene rings is 10. The third kappa shape index (κ3) is 6.04. The van der Waals surface area contributed by atoms with E-state index in [9.17, 15) is 0 Å². The highest BCUT2D eigenvalue weighted by Crippen LogP contribution is 2.58. The van der Waals surface area contributed by atoms with Crippen molar-refractivity contribution in [3.63, 3.8) is 0 Å². The van der Waals surface area contributed by atoms with Crippen LogP contribution in [0.3, 0.4) is 0 Å². The van der Waals surface area contributed by atoms with Crippen molar-refractivity contribution in [3.8, 4) is 55.6 Å². The molecular weight excluding hydrogens is 843 g/mol. The van der Waals surface area contributed by atoms with Gasteiger partial charge < -0.3 is 4.90 Å². The average Bonchev–Trinajstić information content (AvgIpc) is 3.79. The summed E-state index contributed by atoms with van der Waals surface area (Å²) < 4.78 is 0. The van der Waals surface area contributed by atoms with Crippen molar-refractivity contribution < 1.29 is 0 Å². The number of fused-ring (bicyclic) bond motifs is 12. The zero-order chi connectivity index (χ0) is 46.9. The first kappa shape index (κ1) is 41.0. The summed E-state index contributed by atoms with van der Waals surface area (Å²) in [5.74, 6) is 0.796. The predicted molar refractivity (Wildman–Crippen MR) is 295 cm³/mol. The van der Waals surface area contributed by atoms with Crippen LogP contribution in [0, 0.1) is 5.92 Å². The van der Waals surface area contributed by atoms with E-state index in [1.807, 2.05) is 0 Å². The van der Waals surface area contributed by atoms with E-state index in [0.29, 0.717) is 11.8 Å². The molecule has 1 heterocycles. The van der Waals surface area contributed by atoms with Gasteiger partial charge in [0.25, 0.3) is 0 Å². The molecule has 0 aromatic heterocycles. The van der Waals surface area contributed by atoms with Crippen LogP contribution in [-0.4, -0.2) is 0 Å². The molecule has 0 spiro atoms. The van der Waals surface area contributed by atoms with Crippen LogP contribution in [0.5, 0.6) is 0 Å². The molecule has 4 aliphatic rings. The van der Waals surface area contributed by atoms with Gasteiger partial charge in [0, 0.05) is 40.3 Å². The Morgan fingerprint density at radius 3 is 1.71 bits per heavy atom. The van der Waals surface area contributed by atoms with Crippen molar-refractivity contribution in [1.29, 1.82) is 0 Å². The quantitative estimate of drug-likeness (QED) is 0.166. The Morgan fingerprint density at radius 1 is 0.429 bits per heavy atom. The Hall–Kier alpha value is -8.00. The maximum Gasteiger partial charge on any atom is 0.0618 e. The van der Waals surface area contributed by atoms with Gasteiger partial charge in [-0.3, -0.25) is 0 Å². The lowest BCUT2D eigenvalue weighted by molar-refractivity contribution is 0.391.